The molecule has 0 spiro atoms. The third-order valence-corrected chi connectivity index (χ3v) is 2.66. The van der Waals surface area contributed by atoms with E-state index in [1.807, 2.05) is 0 Å². The van der Waals surface area contributed by atoms with E-state index in [1.165, 1.54) is 12.1 Å². The second kappa shape index (κ2) is 6.09. The van der Waals surface area contributed by atoms with Gasteiger partial charge in [-0.25, -0.2) is 4.39 Å². The van der Waals surface area contributed by atoms with Crippen LogP contribution in [0.1, 0.15) is 24.7 Å². The van der Waals surface area contributed by atoms with E-state index in [2.05, 4.69) is 28.8 Å². The molecular formula is C15H16FN3. The fourth-order valence-electron chi connectivity index (χ4n) is 1.67. The van der Waals surface area contributed by atoms with Crippen LogP contribution in [0.4, 0.5) is 10.1 Å². The molecule has 98 valence electrons. The lowest BCUT2D eigenvalue weighted by atomic mass is 10.2. The molecule has 1 aromatic heterocycles. The molecule has 0 atom stereocenters. The van der Waals surface area contributed by atoms with Crippen molar-refractivity contribution in [3.05, 3.63) is 60.4 Å². The lowest BCUT2D eigenvalue weighted by Gasteiger charge is -2.09. The number of benzene rings is 1. The Morgan fingerprint density at radius 1 is 1.21 bits per heavy atom. The van der Waals surface area contributed by atoms with Crippen LogP contribution in [0.5, 0.6) is 0 Å². The van der Waals surface area contributed by atoms with Gasteiger partial charge in [-0.2, -0.15) is 0 Å². The Kier molecular flexibility index (Phi) is 4.23. The molecule has 4 heteroatoms. The summed E-state index contributed by atoms with van der Waals surface area (Å²) in [5.74, 6) is -0.264. The van der Waals surface area contributed by atoms with E-state index in [-0.39, 0.29) is 5.82 Å². The number of rotatable bonds is 5. The highest BCUT2D eigenvalue weighted by Gasteiger charge is 2.02. The normalized spacial score (nSPS) is 10.2. The van der Waals surface area contributed by atoms with Crippen LogP contribution in [0.25, 0.3) is 5.70 Å². The van der Waals surface area contributed by atoms with Crippen molar-refractivity contribution in [1.29, 1.82) is 0 Å². The van der Waals surface area contributed by atoms with E-state index in [0.717, 1.165) is 24.2 Å². The molecule has 0 aliphatic heterocycles. The van der Waals surface area contributed by atoms with E-state index in [9.17, 15) is 4.39 Å². The Hall–Kier alpha value is -2.23. The van der Waals surface area contributed by atoms with Crippen molar-refractivity contribution in [3.8, 4) is 0 Å². The number of aryl methyl sites for hydroxylation is 1. The second-order valence-corrected chi connectivity index (χ2v) is 4.25. The monoisotopic (exact) mass is 257 g/mol. The first-order valence-electron chi connectivity index (χ1n) is 6.22. The summed E-state index contributed by atoms with van der Waals surface area (Å²) in [5.41, 5.74) is 3.07. The highest BCUT2D eigenvalue weighted by Crippen LogP contribution is 2.15. The Morgan fingerprint density at radius 2 is 1.95 bits per heavy atom. The van der Waals surface area contributed by atoms with Gasteiger partial charge >= 0.3 is 0 Å². The first-order chi connectivity index (χ1) is 9.19. The van der Waals surface area contributed by atoms with E-state index in [1.54, 1.807) is 24.5 Å². The van der Waals surface area contributed by atoms with Gasteiger partial charge in [-0.05, 0) is 30.7 Å². The fourth-order valence-corrected chi connectivity index (χ4v) is 1.67. The van der Waals surface area contributed by atoms with E-state index in [0.29, 0.717) is 11.4 Å². The number of aromatic nitrogens is 2. The van der Waals surface area contributed by atoms with Crippen LogP contribution >= 0.6 is 0 Å². The summed E-state index contributed by atoms with van der Waals surface area (Å²) in [6.07, 6.45) is 5.42. The fraction of sp³-hybridized carbons (Fsp3) is 0.200. The summed E-state index contributed by atoms with van der Waals surface area (Å²) in [6.45, 7) is 6.01. The maximum atomic E-state index is 12.8. The quantitative estimate of drug-likeness (QED) is 0.888. The number of nitrogens with zero attached hydrogens (tertiary/aromatic N) is 2. The number of hydrogen-bond donors (Lipinski definition) is 1. The molecule has 2 rings (SSSR count). The predicted octanol–water partition coefficient (Wildman–Crippen LogP) is 3.65. The van der Waals surface area contributed by atoms with E-state index < -0.39 is 0 Å². The summed E-state index contributed by atoms with van der Waals surface area (Å²) in [7, 11) is 0. The summed E-state index contributed by atoms with van der Waals surface area (Å²) < 4.78 is 12.8. The molecule has 0 amide bonds. The standard InChI is InChI=1S/C15H16FN3/c1-3-4-14-9-18-15(10-17-14)11(2)19-13-7-5-12(16)6-8-13/h5-10,19H,2-4H2,1H3. The molecule has 0 bridgehead atoms. The molecule has 3 nitrogen and oxygen atoms in total. The van der Waals surface area contributed by atoms with Gasteiger partial charge in [-0.15, -0.1) is 0 Å². The molecule has 19 heavy (non-hydrogen) atoms. The minimum Gasteiger partial charge on any atom is -0.354 e. The lowest BCUT2D eigenvalue weighted by Crippen LogP contribution is -2.01. The SMILES string of the molecule is C=C(Nc1ccc(F)cc1)c1cnc(CCC)cn1. The van der Waals surface area contributed by atoms with Gasteiger partial charge in [-0.1, -0.05) is 19.9 Å². The minimum atomic E-state index is -0.264. The summed E-state index contributed by atoms with van der Waals surface area (Å²) in [5, 5.41) is 3.07. The third kappa shape index (κ3) is 3.61. The van der Waals surface area contributed by atoms with Crippen LogP contribution in [0, 0.1) is 5.82 Å². The van der Waals surface area contributed by atoms with Crippen molar-refractivity contribution in [2.75, 3.05) is 5.32 Å². The van der Waals surface area contributed by atoms with E-state index in [4.69, 9.17) is 0 Å². The highest BCUT2D eigenvalue weighted by molar-refractivity contribution is 5.72. The topological polar surface area (TPSA) is 37.8 Å². The van der Waals surface area contributed by atoms with Gasteiger partial charge in [0, 0.05) is 11.9 Å². The van der Waals surface area contributed by atoms with Crippen molar-refractivity contribution in [2.24, 2.45) is 0 Å². The predicted molar refractivity (Wildman–Crippen MR) is 75.1 cm³/mol. The van der Waals surface area contributed by atoms with Gasteiger partial charge in [0.15, 0.2) is 0 Å². The molecule has 1 N–H and O–H groups in total. The van der Waals surface area contributed by atoms with Gasteiger partial charge < -0.3 is 5.32 Å². The molecule has 1 heterocycles. The molecule has 1 aromatic carbocycles. The van der Waals surface area contributed by atoms with Crippen LogP contribution in [0.3, 0.4) is 0 Å². The lowest BCUT2D eigenvalue weighted by molar-refractivity contribution is 0.628. The van der Waals surface area contributed by atoms with Crippen molar-refractivity contribution >= 4 is 11.4 Å². The molecular weight excluding hydrogens is 241 g/mol. The largest absolute Gasteiger partial charge is 0.354 e. The second-order valence-electron chi connectivity index (χ2n) is 4.25. The first kappa shape index (κ1) is 13.2. The van der Waals surface area contributed by atoms with Crippen molar-refractivity contribution in [2.45, 2.75) is 19.8 Å². The van der Waals surface area contributed by atoms with Gasteiger partial charge in [0.1, 0.15) is 11.5 Å². The van der Waals surface area contributed by atoms with Crippen molar-refractivity contribution in [3.63, 3.8) is 0 Å². The Morgan fingerprint density at radius 3 is 2.53 bits per heavy atom. The maximum Gasteiger partial charge on any atom is 0.123 e. The van der Waals surface area contributed by atoms with Crippen LogP contribution in [-0.2, 0) is 6.42 Å². The van der Waals surface area contributed by atoms with Crippen LogP contribution in [-0.4, -0.2) is 9.97 Å². The number of nitrogens with one attached hydrogen (secondary N) is 1. The molecule has 0 saturated heterocycles. The van der Waals surface area contributed by atoms with Crippen molar-refractivity contribution < 1.29 is 4.39 Å². The average molecular weight is 257 g/mol. The number of halogens is 1. The van der Waals surface area contributed by atoms with Gasteiger partial charge in [0.25, 0.3) is 0 Å². The van der Waals surface area contributed by atoms with Crippen LogP contribution < -0.4 is 5.32 Å². The minimum absolute atomic E-state index is 0.264. The zero-order chi connectivity index (χ0) is 13.7. The van der Waals surface area contributed by atoms with Gasteiger partial charge in [0.2, 0.25) is 0 Å². The molecule has 0 aliphatic rings. The van der Waals surface area contributed by atoms with E-state index >= 15 is 0 Å². The number of anilines is 1. The molecule has 0 fully saturated rings. The summed E-state index contributed by atoms with van der Waals surface area (Å²) in [4.78, 5) is 8.63. The third-order valence-electron chi connectivity index (χ3n) is 2.66. The van der Waals surface area contributed by atoms with Gasteiger partial charge in [-0.3, -0.25) is 9.97 Å². The highest BCUT2D eigenvalue weighted by atomic mass is 19.1. The number of hydrogen-bond acceptors (Lipinski definition) is 3. The Balaban J connectivity index is 2.05. The molecule has 0 aliphatic carbocycles. The summed E-state index contributed by atoms with van der Waals surface area (Å²) >= 11 is 0. The molecule has 0 saturated carbocycles. The molecule has 2 aromatic rings. The zero-order valence-corrected chi connectivity index (χ0v) is 10.9. The first-order valence-corrected chi connectivity index (χ1v) is 6.22. The molecule has 0 radical (unpaired) electrons. The smallest absolute Gasteiger partial charge is 0.123 e. The van der Waals surface area contributed by atoms with Gasteiger partial charge in [0.05, 0.1) is 17.6 Å². The van der Waals surface area contributed by atoms with Crippen LogP contribution in [0.15, 0.2) is 43.2 Å². The van der Waals surface area contributed by atoms with Crippen molar-refractivity contribution in [1.82, 2.24) is 9.97 Å². The molecule has 0 unspecified atom stereocenters. The zero-order valence-electron chi connectivity index (χ0n) is 10.9. The average Bonchev–Trinajstić information content (AvgIpc) is 2.42. The maximum absolute atomic E-state index is 12.8. The summed E-state index contributed by atoms with van der Waals surface area (Å²) in [6, 6.07) is 6.09. The Labute approximate surface area is 112 Å². The Bertz CT molecular complexity index is 547. The van der Waals surface area contributed by atoms with Crippen LogP contribution in [0.2, 0.25) is 0 Å².